The fourth-order valence-electron chi connectivity index (χ4n) is 3.12. The van der Waals surface area contributed by atoms with Gasteiger partial charge in [0.2, 0.25) is 0 Å². The number of aryl methyl sites for hydroxylation is 2. The lowest BCUT2D eigenvalue weighted by molar-refractivity contribution is 0.0131. The Hall–Kier alpha value is -1.65. The van der Waals surface area contributed by atoms with E-state index >= 15 is 0 Å². The molecule has 0 amide bonds. The van der Waals surface area contributed by atoms with Crippen molar-refractivity contribution in [1.29, 1.82) is 0 Å². The van der Waals surface area contributed by atoms with Gasteiger partial charge in [-0.3, -0.25) is 0 Å². The van der Waals surface area contributed by atoms with E-state index in [1.807, 2.05) is 4.57 Å². The average molecular weight is 314 g/mol. The molecule has 1 aliphatic carbocycles. The summed E-state index contributed by atoms with van der Waals surface area (Å²) in [6.45, 7) is 5.83. The van der Waals surface area contributed by atoms with Crippen LogP contribution in [0.3, 0.4) is 0 Å². The van der Waals surface area contributed by atoms with Crippen LogP contribution in [-0.4, -0.2) is 34.0 Å². The Kier molecular flexibility index (Phi) is 5.13. The third kappa shape index (κ3) is 4.01. The summed E-state index contributed by atoms with van der Waals surface area (Å²) in [6, 6.07) is 4.24. The lowest BCUT2D eigenvalue weighted by Gasteiger charge is -2.19. The summed E-state index contributed by atoms with van der Waals surface area (Å²) in [4.78, 5) is 4.43. The highest BCUT2D eigenvalue weighted by Gasteiger charge is 2.13. The SMILES string of the molecule is Cc1cc2ncn(C[C@@H](O)COC[C@@H]3CC=CCC3)c2cc1C. The molecule has 2 aromatic rings. The van der Waals surface area contributed by atoms with Gasteiger partial charge >= 0.3 is 0 Å². The number of aliphatic hydroxyl groups excluding tert-OH is 1. The van der Waals surface area contributed by atoms with E-state index < -0.39 is 6.10 Å². The van der Waals surface area contributed by atoms with Crippen LogP contribution in [0.15, 0.2) is 30.6 Å². The van der Waals surface area contributed by atoms with E-state index in [4.69, 9.17) is 4.74 Å². The lowest BCUT2D eigenvalue weighted by Crippen LogP contribution is -2.23. The first-order valence-electron chi connectivity index (χ1n) is 8.46. The molecule has 0 radical (unpaired) electrons. The van der Waals surface area contributed by atoms with Crippen LogP contribution in [0, 0.1) is 19.8 Å². The van der Waals surface area contributed by atoms with Crippen molar-refractivity contribution in [2.75, 3.05) is 13.2 Å². The number of hydrogen-bond acceptors (Lipinski definition) is 3. The van der Waals surface area contributed by atoms with Crippen molar-refractivity contribution in [1.82, 2.24) is 9.55 Å². The number of nitrogens with zero attached hydrogens (tertiary/aromatic N) is 2. The number of aliphatic hydroxyl groups is 1. The summed E-state index contributed by atoms with van der Waals surface area (Å²) in [7, 11) is 0. The Labute approximate surface area is 137 Å². The van der Waals surface area contributed by atoms with E-state index in [0.29, 0.717) is 19.1 Å². The summed E-state index contributed by atoms with van der Waals surface area (Å²) in [5.74, 6) is 0.604. The molecule has 0 unspecified atom stereocenters. The van der Waals surface area contributed by atoms with Gasteiger partial charge in [0, 0.05) is 6.61 Å². The minimum absolute atomic E-state index is 0.380. The molecule has 4 nitrogen and oxygen atoms in total. The standard InChI is InChI=1S/C19H26N2O2/c1-14-8-18-19(9-15(14)2)21(13-20-18)10-17(22)12-23-11-16-6-4-3-5-7-16/h3-4,8-9,13,16-17,22H,5-7,10-12H2,1-2H3/t16-,17-/m1/s1. The van der Waals surface area contributed by atoms with E-state index in [9.17, 15) is 5.11 Å². The molecule has 1 N–H and O–H groups in total. The van der Waals surface area contributed by atoms with E-state index in [2.05, 4.69) is 43.1 Å². The predicted molar refractivity (Wildman–Crippen MR) is 92.5 cm³/mol. The molecule has 0 saturated carbocycles. The van der Waals surface area contributed by atoms with Gasteiger partial charge in [0.05, 0.1) is 36.6 Å². The van der Waals surface area contributed by atoms with Crippen molar-refractivity contribution in [3.8, 4) is 0 Å². The van der Waals surface area contributed by atoms with Crippen molar-refractivity contribution in [2.45, 2.75) is 45.8 Å². The second-order valence-electron chi connectivity index (χ2n) is 6.66. The summed E-state index contributed by atoms with van der Waals surface area (Å²) < 4.78 is 7.73. The maximum Gasteiger partial charge on any atom is 0.0959 e. The van der Waals surface area contributed by atoms with Gasteiger partial charge in [-0.05, 0) is 62.3 Å². The van der Waals surface area contributed by atoms with Crippen molar-refractivity contribution >= 4 is 11.0 Å². The molecule has 2 atom stereocenters. The monoisotopic (exact) mass is 314 g/mol. The van der Waals surface area contributed by atoms with Crippen LogP contribution < -0.4 is 0 Å². The highest BCUT2D eigenvalue weighted by atomic mass is 16.5. The number of ether oxygens (including phenoxy) is 1. The second-order valence-corrected chi connectivity index (χ2v) is 6.66. The van der Waals surface area contributed by atoms with Crippen LogP contribution in [0.2, 0.25) is 0 Å². The van der Waals surface area contributed by atoms with Crippen molar-refractivity contribution in [3.63, 3.8) is 0 Å². The molecular formula is C19H26N2O2. The zero-order valence-corrected chi connectivity index (χ0v) is 14.0. The van der Waals surface area contributed by atoms with Gasteiger partial charge in [-0.1, -0.05) is 12.2 Å². The number of benzene rings is 1. The number of allylic oxidation sites excluding steroid dienone is 2. The molecule has 23 heavy (non-hydrogen) atoms. The van der Waals surface area contributed by atoms with Crippen LogP contribution in [-0.2, 0) is 11.3 Å². The van der Waals surface area contributed by atoms with Gasteiger partial charge in [0.1, 0.15) is 0 Å². The summed E-state index contributed by atoms with van der Waals surface area (Å²) in [5.41, 5.74) is 4.54. The fraction of sp³-hybridized carbons (Fsp3) is 0.526. The molecule has 124 valence electrons. The highest BCUT2D eigenvalue weighted by Crippen LogP contribution is 2.20. The lowest BCUT2D eigenvalue weighted by atomic mass is 9.95. The topological polar surface area (TPSA) is 47.3 Å². The summed E-state index contributed by atoms with van der Waals surface area (Å²) in [6.07, 6.45) is 9.20. The van der Waals surface area contributed by atoms with E-state index in [-0.39, 0.29) is 0 Å². The van der Waals surface area contributed by atoms with Crippen LogP contribution >= 0.6 is 0 Å². The molecule has 0 fully saturated rings. The van der Waals surface area contributed by atoms with Gasteiger partial charge in [-0.2, -0.15) is 0 Å². The van der Waals surface area contributed by atoms with E-state index in [0.717, 1.165) is 30.5 Å². The molecule has 0 aliphatic heterocycles. The smallest absolute Gasteiger partial charge is 0.0959 e. The summed E-state index contributed by atoms with van der Waals surface area (Å²) in [5, 5.41) is 10.2. The normalized spacial score (nSPS) is 19.3. The predicted octanol–water partition coefficient (Wildman–Crippen LogP) is 3.39. The molecule has 1 aromatic heterocycles. The van der Waals surface area contributed by atoms with Crippen LogP contribution in [0.1, 0.15) is 30.4 Å². The van der Waals surface area contributed by atoms with Crippen LogP contribution in [0.4, 0.5) is 0 Å². The second kappa shape index (κ2) is 7.28. The Morgan fingerprint density at radius 1 is 1.30 bits per heavy atom. The van der Waals surface area contributed by atoms with Crippen LogP contribution in [0.25, 0.3) is 11.0 Å². The summed E-state index contributed by atoms with van der Waals surface area (Å²) >= 11 is 0. The molecule has 1 aliphatic rings. The average Bonchev–Trinajstić information content (AvgIpc) is 2.91. The molecule has 4 heteroatoms. The van der Waals surface area contributed by atoms with Gasteiger partial charge in [-0.15, -0.1) is 0 Å². The first-order valence-corrected chi connectivity index (χ1v) is 8.46. The molecule has 1 heterocycles. The van der Waals surface area contributed by atoms with Gasteiger partial charge in [-0.25, -0.2) is 4.98 Å². The van der Waals surface area contributed by atoms with Gasteiger partial charge in [0.15, 0.2) is 0 Å². The van der Waals surface area contributed by atoms with E-state index in [1.54, 1.807) is 6.33 Å². The minimum atomic E-state index is -0.506. The fourth-order valence-corrected chi connectivity index (χ4v) is 3.12. The quantitative estimate of drug-likeness (QED) is 0.831. The molecule has 0 saturated heterocycles. The van der Waals surface area contributed by atoms with Crippen molar-refractivity contribution < 1.29 is 9.84 Å². The van der Waals surface area contributed by atoms with Crippen LogP contribution in [0.5, 0.6) is 0 Å². The van der Waals surface area contributed by atoms with Crippen molar-refractivity contribution in [2.24, 2.45) is 5.92 Å². The zero-order valence-electron chi connectivity index (χ0n) is 14.0. The first kappa shape index (κ1) is 16.2. The number of rotatable bonds is 6. The Bertz CT molecular complexity index is 690. The van der Waals surface area contributed by atoms with E-state index in [1.165, 1.54) is 17.5 Å². The minimum Gasteiger partial charge on any atom is -0.389 e. The molecule has 0 spiro atoms. The molecule has 1 aromatic carbocycles. The Balaban J connectivity index is 1.54. The molecular weight excluding hydrogens is 288 g/mol. The Morgan fingerprint density at radius 3 is 2.91 bits per heavy atom. The number of imidazole rings is 1. The largest absolute Gasteiger partial charge is 0.389 e. The third-order valence-corrected chi connectivity index (χ3v) is 4.69. The highest BCUT2D eigenvalue weighted by molar-refractivity contribution is 5.77. The van der Waals surface area contributed by atoms with Gasteiger partial charge in [0.25, 0.3) is 0 Å². The number of fused-ring (bicyclic) bond motifs is 1. The van der Waals surface area contributed by atoms with Gasteiger partial charge < -0.3 is 14.4 Å². The zero-order chi connectivity index (χ0) is 16.2. The maximum atomic E-state index is 10.2. The molecule has 3 rings (SSSR count). The maximum absolute atomic E-state index is 10.2. The van der Waals surface area contributed by atoms with Crippen molar-refractivity contribution in [3.05, 3.63) is 41.7 Å². The third-order valence-electron chi connectivity index (χ3n) is 4.69. The number of hydrogen-bond donors (Lipinski definition) is 1. The number of aromatic nitrogens is 2. The Morgan fingerprint density at radius 2 is 2.13 bits per heavy atom. The first-order chi connectivity index (χ1) is 11.1. The molecule has 0 bridgehead atoms.